The van der Waals surface area contributed by atoms with Crippen molar-refractivity contribution in [3.63, 3.8) is 0 Å². The molecule has 16 heavy (non-hydrogen) atoms. The summed E-state index contributed by atoms with van der Waals surface area (Å²) in [6.45, 7) is 3.22. The monoisotopic (exact) mass is 285 g/mol. The molecule has 90 valence electrons. The molecular weight excluding hydrogens is 266 g/mol. The molecule has 1 saturated carbocycles. The van der Waals surface area contributed by atoms with E-state index >= 15 is 0 Å². The first-order valence-corrected chi connectivity index (χ1v) is 7.01. The van der Waals surface area contributed by atoms with E-state index in [4.69, 9.17) is 4.42 Å². The van der Waals surface area contributed by atoms with Crippen LogP contribution < -0.4 is 5.32 Å². The van der Waals surface area contributed by atoms with Crippen molar-refractivity contribution in [1.29, 1.82) is 0 Å². The summed E-state index contributed by atoms with van der Waals surface area (Å²) in [6, 6.07) is 4.65. The zero-order valence-electron chi connectivity index (χ0n) is 9.84. The molecule has 1 N–H and O–H groups in total. The summed E-state index contributed by atoms with van der Waals surface area (Å²) in [5.41, 5.74) is 0. The van der Waals surface area contributed by atoms with E-state index < -0.39 is 0 Å². The van der Waals surface area contributed by atoms with Crippen molar-refractivity contribution in [2.75, 3.05) is 0 Å². The van der Waals surface area contributed by atoms with Gasteiger partial charge in [0.1, 0.15) is 5.76 Å². The summed E-state index contributed by atoms with van der Waals surface area (Å²) in [5.74, 6) is 1.92. The van der Waals surface area contributed by atoms with Crippen molar-refractivity contribution in [1.82, 2.24) is 5.32 Å². The molecule has 2 atom stereocenters. The molecular formula is C13H20BrNO. The van der Waals surface area contributed by atoms with Crippen LogP contribution in [0.1, 0.15) is 44.8 Å². The van der Waals surface area contributed by atoms with Gasteiger partial charge >= 0.3 is 0 Å². The Hall–Kier alpha value is -0.280. The van der Waals surface area contributed by atoms with Crippen LogP contribution in [0.3, 0.4) is 0 Å². The molecule has 1 heterocycles. The largest absolute Gasteiger partial charge is 0.453 e. The van der Waals surface area contributed by atoms with Gasteiger partial charge in [-0.1, -0.05) is 19.8 Å². The normalized spacial score (nSPS) is 26.6. The SMILES string of the molecule is CC1CCCC(NCc2ccc(Br)o2)CC1. The zero-order chi connectivity index (χ0) is 11.4. The predicted molar refractivity (Wildman–Crippen MR) is 69.3 cm³/mol. The third-order valence-corrected chi connectivity index (χ3v) is 3.88. The molecule has 0 aliphatic heterocycles. The van der Waals surface area contributed by atoms with Crippen LogP contribution in [0.2, 0.25) is 0 Å². The average Bonchev–Trinajstić information content (AvgIpc) is 2.56. The number of halogens is 1. The summed E-state index contributed by atoms with van der Waals surface area (Å²) >= 11 is 3.32. The Morgan fingerprint density at radius 3 is 2.94 bits per heavy atom. The van der Waals surface area contributed by atoms with Gasteiger partial charge in [-0.25, -0.2) is 0 Å². The Balaban J connectivity index is 1.77. The number of hydrogen-bond donors (Lipinski definition) is 1. The van der Waals surface area contributed by atoms with Gasteiger partial charge in [0, 0.05) is 6.04 Å². The highest BCUT2D eigenvalue weighted by atomic mass is 79.9. The molecule has 2 rings (SSSR count). The van der Waals surface area contributed by atoms with Crippen LogP contribution in [0.25, 0.3) is 0 Å². The minimum atomic E-state index is 0.675. The molecule has 0 saturated heterocycles. The van der Waals surface area contributed by atoms with Crippen molar-refractivity contribution in [2.45, 2.75) is 51.6 Å². The van der Waals surface area contributed by atoms with Gasteiger partial charge in [0.05, 0.1) is 6.54 Å². The van der Waals surface area contributed by atoms with Gasteiger partial charge < -0.3 is 9.73 Å². The highest BCUT2D eigenvalue weighted by Gasteiger charge is 2.15. The molecule has 0 spiro atoms. The fraction of sp³-hybridized carbons (Fsp3) is 0.692. The Kier molecular flexibility index (Phi) is 4.47. The van der Waals surface area contributed by atoms with Gasteiger partial charge in [-0.05, 0) is 53.2 Å². The van der Waals surface area contributed by atoms with E-state index in [9.17, 15) is 0 Å². The number of nitrogens with one attached hydrogen (secondary N) is 1. The van der Waals surface area contributed by atoms with Crippen LogP contribution in [0.4, 0.5) is 0 Å². The third-order valence-electron chi connectivity index (χ3n) is 3.45. The van der Waals surface area contributed by atoms with Crippen molar-refractivity contribution in [3.05, 3.63) is 22.6 Å². The topological polar surface area (TPSA) is 25.2 Å². The highest BCUT2D eigenvalue weighted by molar-refractivity contribution is 9.10. The van der Waals surface area contributed by atoms with E-state index in [1.54, 1.807) is 0 Å². The first-order chi connectivity index (χ1) is 7.74. The molecule has 0 aromatic carbocycles. The zero-order valence-corrected chi connectivity index (χ0v) is 11.4. The summed E-state index contributed by atoms with van der Waals surface area (Å²) < 4.78 is 6.30. The first-order valence-electron chi connectivity index (χ1n) is 6.21. The second kappa shape index (κ2) is 5.87. The van der Waals surface area contributed by atoms with Crippen LogP contribution in [-0.2, 0) is 6.54 Å². The van der Waals surface area contributed by atoms with Crippen molar-refractivity contribution in [2.24, 2.45) is 5.92 Å². The number of hydrogen-bond acceptors (Lipinski definition) is 2. The highest BCUT2D eigenvalue weighted by Crippen LogP contribution is 2.23. The predicted octanol–water partition coefficient (Wildman–Crippen LogP) is 4.10. The molecule has 1 aliphatic carbocycles. The average molecular weight is 286 g/mol. The van der Waals surface area contributed by atoms with E-state index in [1.807, 2.05) is 12.1 Å². The summed E-state index contributed by atoms with van der Waals surface area (Å²) in [5, 5.41) is 3.60. The lowest BCUT2D eigenvalue weighted by molar-refractivity contribution is 0.406. The summed E-state index contributed by atoms with van der Waals surface area (Å²) in [7, 11) is 0. The summed E-state index contributed by atoms with van der Waals surface area (Å²) in [4.78, 5) is 0. The Bertz CT molecular complexity index is 323. The number of rotatable bonds is 3. The lowest BCUT2D eigenvalue weighted by Crippen LogP contribution is -2.27. The fourth-order valence-electron chi connectivity index (χ4n) is 2.38. The third kappa shape index (κ3) is 3.63. The molecule has 1 aliphatic rings. The van der Waals surface area contributed by atoms with Gasteiger partial charge in [0.15, 0.2) is 4.67 Å². The molecule has 2 unspecified atom stereocenters. The molecule has 1 aromatic rings. The van der Waals surface area contributed by atoms with Gasteiger partial charge in [0.25, 0.3) is 0 Å². The van der Waals surface area contributed by atoms with Crippen molar-refractivity contribution < 1.29 is 4.42 Å². The fourth-order valence-corrected chi connectivity index (χ4v) is 2.72. The molecule has 3 heteroatoms. The first kappa shape index (κ1) is 12.2. The van der Waals surface area contributed by atoms with Crippen molar-refractivity contribution in [3.8, 4) is 0 Å². The molecule has 0 radical (unpaired) electrons. The van der Waals surface area contributed by atoms with E-state index in [0.29, 0.717) is 6.04 Å². The second-order valence-corrected chi connectivity index (χ2v) is 5.68. The molecule has 0 bridgehead atoms. The standard InChI is InChI=1S/C13H20BrNO/c1-10-3-2-4-11(6-5-10)15-9-12-7-8-13(14)16-12/h7-8,10-11,15H,2-6,9H2,1H3. The summed E-state index contributed by atoms with van der Waals surface area (Å²) in [6.07, 6.45) is 6.74. The maximum absolute atomic E-state index is 5.48. The van der Waals surface area contributed by atoms with Crippen LogP contribution in [0.5, 0.6) is 0 Å². The van der Waals surface area contributed by atoms with Gasteiger partial charge in [-0.15, -0.1) is 0 Å². The van der Waals surface area contributed by atoms with Gasteiger partial charge in [-0.3, -0.25) is 0 Å². The van der Waals surface area contributed by atoms with E-state index in [2.05, 4.69) is 28.2 Å². The molecule has 1 aromatic heterocycles. The lowest BCUT2D eigenvalue weighted by atomic mass is 10.0. The van der Waals surface area contributed by atoms with Gasteiger partial charge in [-0.2, -0.15) is 0 Å². The van der Waals surface area contributed by atoms with E-state index in [1.165, 1.54) is 32.1 Å². The molecule has 0 amide bonds. The molecule has 1 fully saturated rings. The number of furan rings is 1. The van der Waals surface area contributed by atoms with Gasteiger partial charge in [0.2, 0.25) is 0 Å². The Morgan fingerprint density at radius 1 is 1.31 bits per heavy atom. The van der Waals surface area contributed by atoms with Crippen LogP contribution in [0.15, 0.2) is 21.2 Å². The smallest absolute Gasteiger partial charge is 0.169 e. The van der Waals surface area contributed by atoms with Crippen LogP contribution in [-0.4, -0.2) is 6.04 Å². The Labute approximate surface area is 106 Å². The van der Waals surface area contributed by atoms with Crippen LogP contribution in [0, 0.1) is 5.92 Å². The van der Waals surface area contributed by atoms with Crippen molar-refractivity contribution >= 4 is 15.9 Å². The quantitative estimate of drug-likeness (QED) is 0.846. The Morgan fingerprint density at radius 2 is 2.19 bits per heavy atom. The van der Waals surface area contributed by atoms with E-state index in [0.717, 1.165) is 22.9 Å². The minimum Gasteiger partial charge on any atom is -0.453 e. The second-order valence-electron chi connectivity index (χ2n) is 4.90. The molecule has 2 nitrogen and oxygen atoms in total. The maximum Gasteiger partial charge on any atom is 0.169 e. The maximum atomic E-state index is 5.48. The minimum absolute atomic E-state index is 0.675. The van der Waals surface area contributed by atoms with Crippen LogP contribution >= 0.6 is 15.9 Å². The van der Waals surface area contributed by atoms with E-state index in [-0.39, 0.29) is 0 Å². The lowest BCUT2D eigenvalue weighted by Gasteiger charge is -2.15.